The predicted octanol–water partition coefficient (Wildman–Crippen LogP) is 2.67. The first-order valence-corrected chi connectivity index (χ1v) is 12.8. The van der Waals surface area contributed by atoms with Crippen LogP contribution in [0.3, 0.4) is 0 Å². The molecule has 6 nitrogen and oxygen atoms in total. The van der Waals surface area contributed by atoms with Gasteiger partial charge in [-0.1, -0.05) is 37.3 Å². The molecule has 1 aliphatic rings. The Morgan fingerprint density at radius 2 is 1.86 bits per heavy atom. The summed E-state index contributed by atoms with van der Waals surface area (Å²) in [7, 11) is -3.10. The number of likely N-dealkylation sites (tertiary alicyclic amines) is 1. The zero-order valence-corrected chi connectivity index (χ0v) is 18.9. The minimum absolute atomic E-state index is 0.102. The Morgan fingerprint density at radius 1 is 1.14 bits per heavy atom. The molecule has 1 saturated heterocycles. The third kappa shape index (κ3) is 10.1. The van der Waals surface area contributed by atoms with Crippen molar-refractivity contribution in [2.45, 2.75) is 45.3 Å². The van der Waals surface area contributed by atoms with E-state index in [0.29, 0.717) is 13.0 Å². The molecule has 1 aromatic rings. The van der Waals surface area contributed by atoms with Gasteiger partial charge in [-0.25, -0.2) is 8.42 Å². The Balaban J connectivity index is 1.65. The van der Waals surface area contributed by atoms with Crippen LogP contribution < -0.4 is 10.6 Å². The van der Waals surface area contributed by atoms with Gasteiger partial charge in [-0.15, -0.1) is 0 Å². The van der Waals surface area contributed by atoms with Crippen molar-refractivity contribution in [3.05, 3.63) is 35.9 Å². The van der Waals surface area contributed by atoms with E-state index in [1.165, 1.54) is 25.9 Å². The summed E-state index contributed by atoms with van der Waals surface area (Å²) in [6.07, 6.45) is 4.25. The third-order valence-corrected chi connectivity index (χ3v) is 6.96. The second-order valence-corrected chi connectivity index (χ2v) is 10.2. The Labute approximate surface area is 177 Å². The van der Waals surface area contributed by atoms with Crippen molar-refractivity contribution >= 4 is 15.8 Å². The zero-order valence-electron chi connectivity index (χ0n) is 18.1. The molecule has 1 heterocycles. The van der Waals surface area contributed by atoms with Crippen LogP contribution >= 0.6 is 0 Å². The van der Waals surface area contributed by atoms with Crippen molar-refractivity contribution in [1.29, 1.82) is 0 Å². The number of nitrogens with one attached hydrogen (secondary N) is 2. The van der Waals surface area contributed by atoms with Crippen molar-refractivity contribution in [1.82, 2.24) is 15.5 Å². The maximum Gasteiger partial charge on any atom is 0.191 e. The second kappa shape index (κ2) is 12.9. The molecule has 0 atom stereocenters. The molecule has 0 aromatic heterocycles. The Kier molecular flexibility index (Phi) is 10.5. The van der Waals surface area contributed by atoms with E-state index in [1.807, 2.05) is 37.3 Å². The number of aliphatic imine (C=N–C) groups is 1. The van der Waals surface area contributed by atoms with Gasteiger partial charge in [0.05, 0.1) is 11.5 Å². The summed E-state index contributed by atoms with van der Waals surface area (Å²) in [5, 5.41) is 6.61. The lowest BCUT2D eigenvalue weighted by molar-refractivity contribution is 0.191. The van der Waals surface area contributed by atoms with E-state index in [-0.39, 0.29) is 11.5 Å². The molecule has 164 valence electrons. The molecule has 0 bridgehead atoms. The molecule has 0 amide bonds. The SMILES string of the molecule is CCNC(=NCCCS(=O)(=O)Cc1ccccc1)NCCCN1CCC(C)CC1. The minimum Gasteiger partial charge on any atom is -0.357 e. The number of hydrogen-bond acceptors (Lipinski definition) is 4. The molecule has 7 heteroatoms. The van der Waals surface area contributed by atoms with E-state index < -0.39 is 9.84 Å². The van der Waals surface area contributed by atoms with Crippen LogP contribution in [0.15, 0.2) is 35.3 Å². The largest absolute Gasteiger partial charge is 0.357 e. The van der Waals surface area contributed by atoms with Gasteiger partial charge in [0.2, 0.25) is 0 Å². The number of sulfone groups is 1. The summed E-state index contributed by atoms with van der Waals surface area (Å²) in [5.74, 6) is 1.91. The van der Waals surface area contributed by atoms with E-state index in [9.17, 15) is 8.42 Å². The van der Waals surface area contributed by atoms with Crippen LogP contribution in [0, 0.1) is 5.92 Å². The van der Waals surface area contributed by atoms with Gasteiger partial charge in [0.1, 0.15) is 0 Å². The summed E-state index contributed by atoms with van der Waals surface area (Å²) >= 11 is 0. The Morgan fingerprint density at radius 3 is 2.55 bits per heavy atom. The highest BCUT2D eigenvalue weighted by molar-refractivity contribution is 7.90. The van der Waals surface area contributed by atoms with E-state index in [0.717, 1.165) is 43.5 Å². The van der Waals surface area contributed by atoms with E-state index in [2.05, 4.69) is 27.4 Å². The summed E-state index contributed by atoms with van der Waals surface area (Å²) in [5.41, 5.74) is 0.842. The van der Waals surface area contributed by atoms with Gasteiger partial charge in [-0.05, 0) is 63.7 Å². The van der Waals surface area contributed by atoms with Crippen LogP contribution in [-0.4, -0.2) is 64.3 Å². The first-order valence-electron chi connectivity index (χ1n) is 11.0. The highest BCUT2D eigenvalue weighted by Gasteiger charge is 2.15. The van der Waals surface area contributed by atoms with E-state index in [1.54, 1.807) is 0 Å². The molecule has 0 saturated carbocycles. The number of hydrogen-bond donors (Lipinski definition) is 2. The van der Waals surface area contributed by atoms with Gasteiger partial charge in [-0.2, -0.15) is 0 Å². The van der Waals surface area contributed by atoms with Gasteiger partial charge >= 0.3 is 0 Å². The molecule has 1 aromatic carbocycles. The topological polar surface area (TPSA) is 73.8 Å². The fraction of sp³-hybridized carbons (Fsp3) is 0.682. The number of guanidine groups is 1. The van der Waals surface area contributed by atoms with Gasteiger partial charge in [-0.3, -0.25) is 4.99 Å². The van der Waals surface area contributed by atoms with Crippen LogP contribution in [0.2, 0.25) is 0 Å². The van der Waals surface area contributed by atoms with Gasteiger partial charge in [0, 0.05) is 19.6 Å². The fourth-order valence-electron chi connectivity index (χ4n) is 3.51. The Bertz CT molecular complexity index is 699. The molecular weight excluding hydrogens is 384 g/mol. The zero-order chi connectivity index (χ0) is 21.0. The molecule has 0 aliphatic carbocycles. The fourth-order valence-corrected chi connectivity index (χ4v) is 4.93. The van der Waals surface area contributed by atoms with Gasteiger partial charge < -0.3 is 15.5 Å². The lowest BCUT2D eigenvalue weighted by Crippen LogP contribution is -2.40. The van der Waals surface area contributed by atoms with Crippen molar-refractivity contribution < 1.29 is 8.42 Å². The normalized spacial score (nSPS) is 16.7. The lowest BCUT2D eigenvalue weighted by atomic mass is 9.99. The molecule has 0 unspecified atom stereocenters. The van der Waals surface area contributed by atoms with Crippen LogP contribution in [-0.2, 0) is 15.6 Å². The first kappa shape index (κ1) is 23.7. The van der Waals surface area contributed by atoms with E-state index in [4.69, 9.17) is 0 Å². The maximum absolute atomic E-state index is 12.3. The molecule has 29 heavy (non-hydrogen) atoms. The van der Waals surface area contributed by atoms with Crippen LogP contribution in [0.25, 0.3) is 0 Å². The summed E-state index contributed by atoms with van der Waals surface area (Å²) in [4.78, 5) is 7.08. The molecular formula is C22H38N4O2S. The summed E-state index contributed by atoms with van der Waals surface area (Å²) in [6.45, 7) is 10.1. The molecule has 1 fully saturated rings. The Hall–Kier alpha value is -1.60. The average molecular weight is 423 g/mol. The highest BCUT2D eigenvalue weighted by Crippen LogP contribution is 2.15. The standard InChI is InChI=1S/C22H38N4O2S/c1-3-23-22(24-13-7-15-26-16-11-20(2)12-17-26)25-14-8-18-29(27,28)19-21-9-5-4-6-10-21/h4-6,9-10,20H,3,7-8,11-19H2,1-2H3,(H2,23,24,25). The highest BCUT2D eigenvalue weighted by atomic mass is 32.2. The molecule has 0 radical (unpaired) electrons. The molecule has 2 N–H and O–H groups in total. The smallest absolute Gasteiger partial charge is 0.191 e. The maximum atomic E-state index is 12.3. The van der Waals surface area contributed by atoms with Gasteiger partial charge in [0.25, 0.3) is 0 Å². The number of rotatable bonds is 11. The molecule has 1 aliphatic heterocycles. The number of nitrogens with zero attached hydrogens (tertiary/aromatic N) is 2. The average Bonchev–Trinajstić information content (AvgIpc) is 2.70. The second-order valence-electron chi connectivity index (χ2n) is 8.00. The molecule has 0 spiro atoms. The van der Waals surface area contributed by atoms with Crippen LogP contribution in [0.5, 0.6) is 0 Å². The number of benzene rings is 1. The third-order valence-electron chi connectivity index (χ3n) is 5.28. The van der Waals surface area contributed by atoms with Crippen LogP contribution in [0.4, 0.5) is 0 Å². The van der Waals surface area contributed by atoms with E-state index >= 15 is 0 Å². The quantitative estimate of drug-likeness (QED) is 0.326. The van der Waals surface area contributed by atoms with Crippen molar-refractivity contribution in [2.24, 2.45) is 10.9 Å². The summed E-state index contributed by atoms with van der Waals surface area (Å²) in [6, 6.07) is 9.35. The lowest BCUT2D eigenvalue weighted by Gasteiger charge is -2.30. The predicted molar refractivity (Wildman–Crippen MR) is 122 cm³/mol. The van der Waals surface area contributed by atoms with Crippen molar-refractivity contribution in [3.63, 3.8) is 0 Å². The monoisotopic (exact) mass is 422 g/mol. The van der Waals surface area contributed by atoms with Crippen LogP contribution in [0.1, 0.15) is 45.1 Å². The van der Waals surface area contributed by atoms with Gasteiger partial charge in [0.15, 0.2) is 15.8 Å². The van der Waals surface area contributed by atoms with Crippen molar-refractivity contribution in [2.75, 3.05) is 45.0 Å². The number of piperidine rings is 1. The first-order chi connectivity index (χ1) is 14.0. The summed E-state index contributed by atoms with van der Waals surface area (Å²) < 4.78 is 24.5. The minimum atomic E-state index is -3.10. The molecule has 2 rings (SSSR count). The van der Waals surface area contributed by atoms with Crippen molar-refractivity contribution in [3.8, 4) is 0 Å².